The molecule has 3 heterocycles. The summed E-state index contributed by atoms with van der Waals surface area (Å²) >= 11 is 12.6. The normalized spacial score (nSPS) is 11.5. The van der Waals surface area contributed by atoms with Crippen molar-refractivity contribution < 1.29 is 4.52 Å². The molecule has 0 saturated heterocycles. The van der Waals surface area contributed by atoms with Gasteiger partial charge in [-0.2, -0.15) is 9.61 Å². The number of rotatable bonds is 2. The smallest absolute Gasteiger partial charge is 0.191 e. The number of hydrogen-bond acceptors (Lipinski definition) is 5. The van der Waals surface area contributed by atoms with E-state index in [2.05, 4.69) is 20.5 Å². The third kappa shape index (κ3) is 2.49. The molecule has 0 aliphatic rings. The zero-order valence-corrected chi connectivity index (χ0v) is 15.5. The van der Waals surface area contributed by atoms with Gasteiger partial charge in [-0.3, -0.25) is 0 Å². The number of aromatic nitrogens is 5. The fourth-order valence-corrected chi connectivity index (χ4v) is 3.56. The second-order valence-electron chi connectivity index (χ2n) is 6.07. The predicted molar refractivity (Wildman–Crippen MR) is 104 cm³/mol. The van der Waals surface area contributed by atoms with Gasteiger partial charge in [0.2, 0.25) is 0 Å². The molecule has 0 spiro atoms. The summed E-state index contributed by atoms with van der Waals surface area (Å²) in [5.41, 5.74) is 2.87. The number of aryl methyl sites for hydroxylation is 1. The van der Waals surface area contributed by atoms with Crippen molar-refractivity contribution in [2.75, 3.05) is 0 Å². The molecule has 0 bridgehead atoms. The minimum absolute atomic E-state index is 0.339. The van der Waals surface area contributed by atoms with Gasteiger partial charge in [-0.1, -0.05) is 58.7 Å². The van der Waals surface area contributed by atoms with Crippen LogP contribution < -0.4 is 0 Å². The van der Waals surface area contributed by atoms with Gasteiger partial charge < -0.3 is 4.52 Å². The SMILES string of the molecule is Cc1onc(-c2ccccc2)c1-c1nnc2c3cc(Cl)ccc3c(Cl)nn12. The zero-order valence-electron chi connectivity index (χ0n) is 14.0. The number of hydrogen-bond donors (Lipinski definition) is 0. The Labute approximate surface area is 163 Å². The number of nitrogens with zero attached hydrogens (tertiary/aromatic N) is 5. The predicted octanol–water partition coefficient (Wildman–Crippen LogP) is 5.21. The monoisotopic (exact) mass is 395 g/mol. The quantitative estimate of drug-likeness (QED) is 0.410. The van der Waals surface area contributed by atoms with E-state index in [0.29, 0.717) is 33.1 Å². The summed E-state index contributed by atoms with van der Waals surface area (Å²) < 4.78 is 7.05. The van der Waals surface area contributed by atoms with Gasteiger partial charge in [0.05, 0.1) is 5.56 Å². The lowest BCUT2D eigenvalue weighted by atomic mass is 10.1. The van der Waals surface area contributed by atoms with Crippen LogP contribution in [0.1, 0.15) is 5.76 Å². The van der Waals surface area contributed by atoms with Gasteiger partial charge in [-0.25, -0.2) is 0 Å². The molecule has 0 fully saturated rings. The van der Waals surface area contributed by atoms with Crippen LogP contribution in [0.5, 0.6) is 0 Å². The Bertz CT molecular complexity index is 1310. The summed E-state index contributed by atoms with van der Waals surface area (Å²) in [6, 6.07) is 15.1. The molecule has 0 radical (unpaired) electrons. The maximum absolute atomic E-state index is 6.41. The molecule has 3 aromatic heterocycles. The molecule has 27 heavy (non-hydrogen) atoms. The van der Waals surface area contributed by atoms with Crippen LogP contribution in [0.25, 0.3) is 39.1 Å². The van der Waals surface area contributed by atoms with Crippen LogP contribution in [-0.2, 0) is 0 Å². The van der Waals surface area contributed by atoms with E-state index in [1.165, 1.54) is 0 Å². The van der Waals surface area contributed by atoms with E-state index in [1.54, 1.807) is 16.6 Å². The Balaban J connectivity index is 1.83. The minimum Gasteiger partial charge on any atom is -0.360 e. The highest BCUT2D eigenvalue weighted by Crippen LogP contribution is 2.35. The Hall–Kier alpha value is -2.96. The fourth-order valence-electron chi connectivity index (χ4n) is 3.15. The van der Waals surface area contributed by atoms with E-state index in [0.717, 1.165) is 21.9 Å². The van der Waals surface area contributed by atoms with E-state index in [-0.39, 0.29) is 0 Å². The highest BCUT2D eigenvalue weighted by Gasteiger charge is 2.23. The fraction of sp³-hybridized carbons (Fsp3) is 0.0526. The topological polar surface area (TPSA) is 69.1 Å². The lowest BCUT2D eigenvalue weighted by molar-refractivity contribution is 0.400. The average Bonchev–Trinajstić information content (AvgIpc) is 3.25. The summed E-state index contributed by atoms with van der Waals surface area (Å²) in [6.45, 7) is 1.83. The van der Waals surface area contributed by atoms with Crippen molar-refractivity contribution in [3.63, 3.8) is 0 Å². The van der Waals surface area contributed by atoms with Crippen molar-refractivity contribution in [1.29, 1.82) is 0 Å². The van der Waals surface area contributed by atoms with Gasteiger partial charge in [0.15, 0.2) is 16.6 Å². The van der Waals surface area contributed by atoms with Crippen LogP contribution in [0.15, 0.2) is 53.1 Å². The van der Waals surface area contributed by atoms with Crippen molar-refractivity contribution in [1.82, 2.24) is 25.0 Å². The van der Waals surface area contributed by atoms with E-state index in [1.807, 2.05) is 43.3 Å². The number of halogens is 2. The molecule has 0 saturated carbocycles. The molecule has 5 aromatic rings. The molecule has 0 aliphatic heterocycles. The van der Waals surface area contributed by atoms with E-state index in [9.17, 15) is 0 Å². The van der Waals surface area contributed by atoms with Crippen molar-refractivity contribution in [2.24, 2.45) is 0 Å². The molecule has 5 rings (SSSR count). The van der Waals surface area contributed by atoms with E-state index in [4.69, 9.17) is 27.7 Å². The molecular weight excluding hydrogens is 385 g/mol. The molecule has 0 unspecified atom stereocenters. The van der Waals surface area contributed by atoms with Crippen LogP contribution in [0.2, 0.25) is 10.2 Å². The molecule has 0 N–H and O–H groups in total. The second-order valence-corrected chi connectivity index (χ2v) is 6.86. The van der Waals surface area contributed by atoms with Gasteiger partial charge in [-0.15, -0.1) is 10.2 Å². The molecule has 0 aliphatic carbocycles. The second kappa shape index (κ2) is 6.04. The Morgan fingerprint density at radius 3 is 2.59 bits per heavy atom. The third-order valence-corrected chi connectivity index (χ3v) is 4.92. The van der Waals surface area contributed by atoms with Crippen LogP contribution in [0.3, 0.4) is 0 Å². The Morgan fingerprint density at radius 2 is 1.78 bits per heavy atom. The first-order valence-corrected chi connectivity index (χ1v) is 8.91. The largest absolute Gasteiger partial charge is 0.360 e. The lowest BCUT2D eigenvalue weighted by Crippen LogP contribution is -1.98. The molecule has 2 aromatic carbocycles. The average molecular weight is 396 g/mol. The third-order valence-electron chi connectivity index (χ3n) is 4.41. The summed E-state index contributed by atoms with van der Waals surface area (Å²) in [5.74, 6) is 1.12. The van der Waals surface area contributed by atoms with Gasteiger partial charge in [0, 0.05) is 21.4 Å². The molecule has 6 nitrogen and oxygen atoms in total. The molecule has 132 valence electrons. The minimum atomic E-state index is 0.339. The Morgan fingerprint density at radius 1 is 0.963 bits per heavy atom. The van der Waals surface area contributed by atoms with Gasteiger partial charge in [0.1, 0.15) is 11.5 Å². The summed E-state index contributed by atoms with van der Waals surface area (Å²) in [5, 5.41) is 19.8. The maximum Gasteiger partial charge on any atom is 0.191 e. The number of benzene rings is 2. The maximum atomic E-state index is 6.41. The van der Waals surface area contributed by atoms with E-state index >= 15 is 0 Å². The van der Waals surface area contributed by atoms with Crippen molar-refractivity contribution in [3.05, 3.63) is 64.5 Å². The highest BCUT2D eigenvalue weighted by atomic mass is 35.5. The lowest BCUT2D eigenvalue weighted by Gasteiger charge is -2.05. The molecule has 8 heteroatoms. The van der Waals surface area contributed by atoms with Gasteiger partial charge >= 0.3 is 0 Å². The molecular formula is C19H11Cl2N5O. The van der Waals surface area contributed by atoms with Gasteiger partial charge in [-0.05, 0) is 25.1 Å². The first-order valence-electron chi connectivity index (χ1n) is 8.16. The molecule has 0 atom stereocenters. The van der Waals surface area contributed by atoms with Crippen LogP contribution >= 0.6 is 23.2 Å². The van der Waals surface area contributed by atoms with Crippen molar-refractivity contribution >= 4 is 39.6 Å². The van der Waals surface area contributed by atoms with Crippen LogP contribution in [-0.4, -0.2) is 25.0 Å². The summed E-state index contributed by atoms with van der Waals surface area (Å²) in [6.07, 6.45) is 0. The number of fused-ring (bicyclic) bond motifs is 3. The Kier molecular flexibility index (Phi) is 3.63. The first-order chi connectivity index (χ1) is 13.1. The van der Waals surface area contributed by atoms with Crippen LogP contribution in [0.4, 0.5) is 0 Å². The summed E-state index contributed by atoms with van der Waals surface area (Å²) in [4.78, 5) is 0. The standard InChI is InChI=1S/C19H11Cl2N5O/c1-10-15(16(25-27-10)11-5-3-2-4-6-11)19-23-22-18-14-9-12(20)7-8-13(14)17(21)24-26(18)19/h2-9H,1H3. The summed E-state index contributed by atoms with van der Waals surface area (Å²) in [7, 11) is 0. The first kappa shape index (κ1) is 16.2. The van der Waals surface area contributed by atoms with Gasteiger partial charge in [0.25, 0.3) is 0 Å². The van der Waals surface area contributed by atoms with Crippen LogP contribution in [0, 0.1) is 6.92 Å². The highest BCUT2D eigenvalue weighted by molar-refractivity contribution is 6.36. The van der Waals surface area contributed by atoms with Crippen molar-refractivity contribution in [2.45, 2.75) is 6.92 Å². The zero-order chi connectivity index (χ0) is 18.5. The van der Waals surface area contributed by atoms with Crippen molar-refractivity contribution in [3.8, 4) is 22.6 Å². The molecule has 0 amide bonds. The van der Waals surface area contributed by atoms with E-state index < -0.39 is 0 Å².